The Kier molecular flexibility index (Phi) is 3.55. The van der Waals surface area contributed by atoms with Gasteiger partial charge in [0.15, 0.2) is 0 Å². The molecule has 4 heteroatoms. The fraction of sp³-hybridized carbons (Fsp3) is 0.143. The molecule has 0 aliphatic rings. The second-order valence-corrected chi connectivity index (χ2v) is 4.04. The van der Waals surface area contributed by atoms with Crippen LogP contribution in [-0.2, 0) is 0 Å². The molecule has 2 aromatic carbocycles. The molecular formula is C14H12F3N. The van der Waals surface area contributed by atoms with Gasteiger partial charge >= 0.3 is 0 Å². The zero-order valence-electron chi connectivity index (χ0n) is 9.75. The van der Waals surface area contributed by atoms with Crippen molar-refractivity contribution in [1.29, 1.82) is 0 Å². The van der Waals surface area contributed by atoms with Crippen LogP contribution in [0.1, 0.15) is 18.5 Å². The van der Waals surface area contributed by atoms with Gasteiger partial charge in [-0.3, -0.25) is 0 Å². The van der Waals surface area contributed by atoms with E-state index in [4.69, 9.17) is 0 Å². The molecule has 0 saturated heterocycles. The summed E-state index contributed by atoms with van der Waals surface area (Å²) in [6.07, 6.45) is 0. The first-order chi connectivity index (χ1) is 8.56. The third-order valence-electron chi connectivity index (χ3n) is 2.67. The summed E-state index contributed by atoms with van der Waals surface area (Å²) >= 11 is 0. The van der Waals surface area contributed by atoms with Crippen LogP contribution in [-0.4, -0.2) is 0 Å². The fourth-order valence-electron chi connectivity index (χ4n) is 1.68. The maximum Gasteiger partial charge on any atom is 0.146 e. The van der Waals surface area contributed by atoms with E-state index in [1.54, 1.807) is 19.1 Å². The van der Waals surface area contributed by atoms with E-state index in [-0.39, 0.29) is 17.5 Å². The van der Waals surface area contributed by atoms with Crippen LogP contribution in [0.3, 0.4) is 0 Å². The van der Waals surface area contributed by atoms with Crippen LogP contribution in [0, 0.1) is 17.5 Å². The Balaban J connectivity index is 2.18. The van der Waals surface area contributed by atoms with E-state index in [1.807, 2.05) is 0 Å². The van der Waals surface area contributed by atoms with Crippen molar-refractivity contribution in [2.45, 2.75) is 13.0 Å². The Hall–Kier alpha value is -1.97. The molecule has 1 nitrogen and oxygen atoms in total. The number of halogens is 3. The molecule has 0 aliphatic heterocycles. The van der Waals surface area contributed by atoms with Gasteiger partial charge in [-0.2, -0.15) is 0 Å². The predicted molar refractivity (Wildman–Crippen MR) is 64.8 cm³/mol. The topological polar surface area (TPSA) is 12.0 Å². The van der Waals surface area contributed by atoms with Crippen LogP contribution in [0.5, 0.6) is 0 Å². The predicted octanol–water partition coefficient (Wildman–Crippen LogP) is 4.28. The average Bonchev–Trinajstić information content (AvgIpc) is 2.34. The van der Waals surface area contributed by atoms with Crippen molar-refractivity contribution in [2.75, 3.05) is 5.32 Å². The molecule has 94 valence electrons. The Bertz CT molecular complexity index is 537. The third kappa shape index (κ3) is 2.83. The molecule has 18 heavy (non-hydrogen) atoms. The lowest BCUT2D eigenvalue weighted by atomic mass is 10.1. The molecule has 2 aromatic rings. The van der Waals surface area contributed by atoms with Gasteiger partial charge in [-0.05, 0) is 42.8 Å². The van der Waals surface area contributed by atoms with Gasteiger partial charge < -0.3 is 5.32 Å². The average molecular weight is 251 g/mol. The highest BCUT2D eigenvalue weighted by molar-refractivity contribution is 5.47. The summed E-state index contributed by atoms with van der Waals surface area (Å²) < 4.78 is 39.2. The molecule has 0 aromatic heterocycles. The summed E-state index contributed by atoms with van der Waals surface area (Å²) in [5, 5.41) is 2.85. The van der Waals surface area contributed by atoms with Crippen LogP contribution >= 0.6 is 0 Å². The second-order valence-electron chi connectivity index (χ2n) is 4.04. The minimum Gasteiger partial charge on any atom is -0.376 e. The number of nitrogens with one attached hydrogen (secondary N) is 1. The zero-order chi connectivity index (χ0) is 13.1. The zero-order valence-corrected chi connectivity index (χ0v) is 9.75. The van der Waals surface area contributed by atoms with Crippen molar-refractivity contribution in [3.8, 4) is 0 Å². The van der Waals surface area contributed by atoms with E-state index in [0.717, 1.165) is 23.8 Å². The lowest BCUT2D eigenvalue weighted by Gasteiger charge is -2.16. The minimum absolute atomic E-state index is 0.0897. The van der Waals surface area contributed by atoms with Gasteiger partial charge in [-0.1, -0.05) is 12.1 Å². The van der Waals surface area contributed by atoms with E-state index >= 15 is 0 Å². The molecule has 1 atom stereocenters. The molecule has 0 fully saturated rings. The monoisotopic (exact) mass is 251 g/mol. The first kappa shape index (κ1) is 12.5. The van der Waals surface area contributed by atoms with Crippen LogP contribution < -0.4 is 5.32 Å². The first-order valence-corrected chi connectivity index (χ1v) is 5.53. The molecule has 2 rings (SSSR count). The standard InChI is InChI=1S/C14H12F3N/c1-9(10-2-4-11(15)5-3-10)18-14-8-12(16)6-7-13(14)17/h2-9,18H,1H3. The highest BCUT2D eigenvalue weighted by Gasteiger charge is 2.09. The van der Waals surface area contributed by atoms with Gasteiger partial charge in [0.25, 0.3) is 0 Å². The quantitative estimate of drug-likeness (QED) is 0.858. The van der Waals surface area contributed by atoms with E-state index in [2.05, 4.69) is 5.32 Å². The van der Waals surface area contributed by atoms with Crippen molar-refractivity contribution in [2.24, 2.45) is 0 Å². The largest absolute Gasteiger partial charge is 0.376 e. The first-order valence-electron chi connectivity index (χ1n) is 5.53. The van der Waals surface area contributed by atoms with E-state index in [0.29, 0.717) is 0 Å². The Labute approximate surface area is 103 Å². The smallest absolute Gasteiger partial charge is 0.146 e. The Morgan fingerprint density at radius 3 is 2.17 bits per heavy atom. The number of hydrogen-bond donors (Lipinski definition) is 1. The van der Waals surface area contributed by atoms with Gasteiger partial charge in [0.2, 0.25) is 0 Å². The van der Waals surface area contributed by atoms with Crippen molar-refractivity contribution < 1.29 is 13.2 Å². The SMILES string of the molecule is CC(Nc1cc(F)ccc1F)c1ccc(F)cc1. The van der Waals surface area contributed by atoms with Crippen LogP contribution in [0.4, 0.5) is 18.9 Å². The fourth-order valence-corrected chi connectivity index (χ4v) is 1.68. The number of benzene rings is 2. The maximum atomic E-state index is 13.4. The summed E-state index contributed by atoms with van der Waals surface area (Å²) in [4.78, 5) is 0. The summed E-state index contributed by atoms with van der Waals surface area (Å²) in [5.74, 6) is -1.36. The Morgan fingerprint density at radius 2 is 1.50 bits per heavy atom. The molecule has 0 aliphatic carbocycles. The van der Waals surface area contributed by atoms with E-state index in [1.165, 1.54) is 12.1 Å². The van der Waals surface area contributed by atoms with Crippen LogP contribution in [0.25, 0.3) is 0 Å². The van der Waals surface area contributed by atoms with Gasteiger partial charge in [0, 0.05) is 6.04 Å². The maximum absolute atomic E-state index is 13.4. The molecule has 0 heterocycles. The van der Waals surface area contributed by atoms with Crippen LogP contribution in [0.15, 0.2) is 42.5 Å². The van der Waals surface area contributed by atoms with Gasteiger partial charge in [-0.15, -0.1) is 0 Å². The van der Waals surface area contributed by atoms with E-state index in [9.17, 15) is 13.2 Å². The van der Waals surface area contributed by atoms with Crippen molar-refractivity contribution in [3.63, 3.8) is 0 Å². The van der Waals surface area contributed by atoms with Gasteiger partial charge in [0.05, 0.1) is 5.69 Å². The van der Waals surface area contributed by atoms with Crippen LogP contribution in [0.2, 0.25) is 0 Å². The molecule has 0 saturated carbocycles. The van der Waals surface area contributed by atoms with Crippen molar-refractivity contribution in [3.05, 3.63) is 65.5 Å². The highest BCUT2D eigenvalue weighted by Crippen LogP contribution is 2.22. The molecule has 0 radical (unpaired) electrons. The number of hydrogen-bond acceptors (Lipinski definition) is 1. The minimum atomic E-state index is -0.523. The second kappa shape index (κ2) is 5.12. The molecule has 0 spiro atoms. The molecular weight excluding hydrogens is 239 g/mol. The third-order valence-corrected chi connectivity index (χ3v) is 2.67. The molecule has 0 amide bonds. The summed E-state index contributed by atoms with van der Waals surface area (Å²) in [6, 6.07) is 8.83. The lowest BCUT2D eigenvalue weighted by molar-refractivity contribution is 0.600. The number of anilines is 1. The normalized spacial score (nSPS) is 12.2. The molecule has 1 N–H and O–H groups in total. The summed E-state index contributed by atoms with van der Waals surface area (Å²) in [5.41, 5.74) is 0.881. The molecule has 1 unspecified atom stereocenters. The highest BCUT2D eigenvalue weighted by atomic mass is 19.1. The van der Waals surface area contributed by atoms with Gasteiger partial charge in [-0.25, -0.2) is 13.2 Å². The number of rotatable bonds is 3. The van der Waals surface area contributed by atoms with Gasteiger partial charge in [0.1, 0.15) is 17.5 Å². The van der Waals surface area contributed by atoms with Crippen molar-refractivity contribution in [1.82, 2.24) is 0 Å². The summed E-state index contributed by atoms with van der Waals surface area (Å²) in [6.45, 7) is 1.79. The van der Waals surface area contributed by atoms with Crippen molar-refractivity contribution >= 4 is 5.69 Å². The Morgan fingerprint density at radius 1 is 0.889 bits per heavy atom. The molecule has 0 bridgehead atoms. The lowest BCUT2D eigenvalue weighted by Crippen LogP contribution is -2.08. The summed E-state index contributed by atoms with van der Waals surface area (Å²) in [7, 11) is 0. The van der Waals surface area contributed by atoms with E-state index < -0.39 is 11.6 Å².